The first-order chi connectivity index (χ1) is 12.8. The Morgan fingerprint density at radius 3 is 2.63 bits per heavy atom. The highest BCUT2D eigenvalue weighted by molar-refractivity contribution is 7.92. The largest absolute Gasteiger partial charge is 0.494 e. The molecule has 0 saturated carbocycles. The second kappa shape index (κ2) is 9.48. The van der Waals surface area contributed by atoms with Gasteiger partial charge in [0.1, 0.15) is 5.75 Å². The first-order valence-electron chi connectivity index (χ1n) is 8.31. The van der Waals surface area contributed by atoms with Gasteiger partial charge in [0.05, 0.1) is 18.6 Å². The summed E-state index contributed by atoms with van der Waals surface area (Å²) in [6, 6.07) is 11.7. The van der Waals surface area contributed by atoms with E-state index in [1.54, 1.807) is 25.1 Å². The number of ether oxygens (including phenoxy) is 1. The topological polar surface area (TPSA) is 96.5 Å². The fourth-order valence-corrected chi connectivity index (χ4v) is 3.14. The molecule has 9 heteroatoms. The van der Waals surface area contributed by atoms with Crippen LogP contribution in [0.2, 0.25) is 5.02 Å². The second-order valence-electron chi connectivity index (χ2n) is 5.68. The van der Waals surface area contributed by atoms with Crippen LogP contribution in [-0.2, 0) is 16.4 Å². The molecule has 0 fully saturated rings. The molecule has 146 valence electrons. The number of hydrogen-bond acceptors (Lipinski definition) is 4. The van der Waals surface area contributed by atoms with E-state index in [1.165, 1.54) is 13.2 Å². The number of halogens is 1. The van der Waals surface area contributed by atoms with Crippen molar-refractivity contribution < 1.29 is 17.9 Å². The van der Waals surface area contributed by atoms with Gasteiger partial charge < -0.3 is 15.4 Å². The number of carbonyl (C=O) groups is 1. The molecule has 0 heterocycles. The molecule has 2 aromatic carbocycles. The van der Waals surface area contributed by atoms with Crippen LogP contribution in [0.3, 0.4) is 0 Å². The van der Waals surface area contributed by atoms with Gasteiger partial charge >= 0.3 is 6.03 Å². The van der Waals surface area contributed by atoms with Crippen molar-refractivity contribution >= 4 is 39.0 Å². The van der Waals surface area contributed by atoms with Crippen molar-refractivity contribution in [2.24, 2.45) is 0 Å². The number of benzene rings is 2. The van der Waals surface area contributed by atoms with Gasteiger partial charge in [-0.25, -0.2) is 13.2 Å². The Morgan fingerprint density at radius 1 is 1.19 bits per heavy atom. The average molecular weight is 412 g/mol. The highest BCUT2D eigenvalue weighted by atomic mass is 35.5. The molecule has 0 aliphatic carbocycles. The van der Waals surface area contributed by atoms with E-state index in [-0.39, 0.29) is 11.8 Å². The Morgan fingerprint density at radius 2 is 1.96 bits per heavy atom. The molecule has 0 aliphatic rings. The van der Waals surface area contributed by atoms with Gasteiger partial charge in [-0.3, -0.25) is 4.72 Å². The summed E-state index contributed by atoms with van der Waals surface area (Å²) in [6.45, 7) is 1.98. The molecule has 0 aliphatic heterocycles. The van der Waals surface area contributed by atoms with E-state index in [0.717, 1.165) is 5.56 Å². The van der Waals surface area contributed by atoms with Crippen LogP contribution in [0.15, 0.2) is 42.5 Å². The van der Waals surface area contributed by atoms with E-state index >= 15 is 0 Å². The van der Waals surface area contributed by atoms with Crippen LogP contribution in [0.1, 0.15) is 12.5 Å². The number of anilines is 2. The zero-order valence-electron chi connectivity index (χ0n) is 15.1. The second-order valence-corrected chi connectivity index (χ2v) is 8.13. The van der Waals surface area contributed by atoms with Gasteiger partial charge in [0.2, 0.25) is 10.0 Å². The standard InChI is InChI=1S/C18H22ClN3O4S/c1-3-27(24,25)22-16-8-7-15(12-17(16)26-2)21-18(23)20-10-9-13-5-4-6-14(19)11-13/h4-8,11-12,22H,3,9-10H2,1-2H3,(H2,20,21,23). The lowest BCUT2D eigenvalue weighted by Crippen LogP contribution is -2.30. The van der Waals surface area contributed by atoms with Crippen molar-refractivity contribution in [1.29, 1.82) is 0 Å². The SMILES string of the molecule is CCS(=O)(=O)Nc1ccc(NC(=O)NCCc2cccc(Cl)c2)cc1OC. The molecule has 0 bridgehead atoms. The van der Waals surface area contributed by atoms with Gasteiger partial charge in [-0.2, -0.15) is 0 Å². The highest BCUT2D eigenvalue weighted by Gasteiger charge is 2.12. The number of nitrogens with one attached hydrogen (secondary N) is 3. The summed E-state index contributed by atoms with van der Waals surface area (Å²) in [5, 5.41) is 6.09. The lowest BCUT2D eigenvalue weighted by atomic mass is 10.1. The minimum atomic E-state index is -3.42. The Hall–Kier alpha value is -2.45. The number of rotatable bonds is 8. The molecule has 2 rings (SSSR count). The lowest BCUT2D eigenvalue weighted by Gasteiger charge is -2.13. The summed E-state index contributed by atoms with van der Waals surface area (Å²) in [6.07, 6.45) is 0.648. The van der Waals surface area contributed by atoms with Crippen molar-refractivity contribution in [1.82, 2.24) is 5.32 Å². The summed E-state index contributed by atoms with van der Waals surface area (Å²) in [5.74, 6) is 0.259. The number of methoxy groups -OCH3 is 1. The van der Waals surface area contributed by atoms with Gasteiger partial charge in [-0.05, 0) is 43.2 Å². The van der Waals surface area contributed by atoms with Crippen LogP contribution in [0.4, 0.5) is 16.2 Å². The van der Waals surface area contributed by atoms with Crippen LogP contribution in [-0.4, -0.2) is 33.9 Å². The van der Waals surface area contributed by atoms with Crippen molar-refractivity contribution in [2.75, 3.05) is 29.4 Å². The lowest BCUT2D eigenvalue weighted by molar-refractivity contribution is 0.252. The smallest absolute Gasteiger partial charge is 0.319 e. The molecule has 0 spiro atoms. The first kappa shape index (κ1) is 20.9. The normalized spacial score (nSPS) is 10.9. The third kappa shape index (κ3) is 6.65. The van der Waals surface area contributed by atoms with Crippen molar-refractivity contribution in [2.45, 2.75) is 13.3 Å². The molecule has 0 radical (unpaired) electrons. The molecule has 0 saturated heterocycles. The van der Waals surface area contributed by atoms with E-state index in [1.807, 2.05) is 18.2 Å². The zero-order valence-corrected chi connectivity index (χ0v) is 16.7. The van der Waals surface area contributed by atoms with Gasteiger partial charge in [0.15, 0.2) is 0 Å². The third-order valence-corrected chi connectivity index (χ3v) is 5.22. The van der Waals surface area contributed by atoms with Crippen LogP contribution in [0.5, 0.6) is 5.75 Å². The Bertz CT molecular complexity index is 903. The Balaban J connectivity index is 1.93. The molecule has 0 unspecified atom stereocenters. The van der Waals surface area contributed by atoms with Crippen molar-refractivity contribution in [3.63, 3.8) is 0 Å². The number of carbonyl (C=O) groups excluding carboxylic acids is 1. The van der Waals surface area contributed by atoms with Crippen LogP contribution < -0.4 is 20.1 Å². The van der Waals surface area contributed by atoms with Gasteiger partial charge in [0, 0.05) is 23.3 Å². The predicted octanol–water partition coefficient (Wildman–Crippen LogP) is 3.47. The molecular weight excluding hydrogens is 390 g/mol. The Labute approximate surface area is 164 Å². The zero-order chi connectivity index (χ0) is 19.9. The highest BCUT2D eigenvalue weighted by Crippen LogP contribution is 2.28. The van der Waals surface area contributed by atoms with Crippen LogP contribution in [0, 0.1) is 0 Å². The minimum Gasteiger partial charge on any atom is -0.494 e. The van der Waals surface area contributed by atoms with E-state index in [2.05, 4.69) is 15.4 Å². The number of hydrogen-bond donors (Lipinski definition) is 3. The average Bonchev–Trinajstić information content (AvgIpc) is 2.63. The van der Waals surface area contributed by atoms with Gasteiger partial charge in [0.25, 0.3) is 0 Å². The fourth-order valence-electron chi connectivity index (χ4n) is 2.28. The van der Waals surface area contributed by atoms with Crippen molar-refractivity contribution in [3.8, 4) is 5.75 Å². The summed E-state index contributed by atoms with van der Waals surface area (Å²) in [4.78, 5) is 12.0. The predicted molar refractivity (Wildman–Crippen MR) is 108 cm³/mol. The van der Waals surface area contributed by atoms with Gasteiger partial charge in [-0.1, -0.05) is 23.7 Å². The number of amides is 2. The molecule has 2 aromatic rings. The van der Waals surface area contributed by atoms with E-state index in [9.17, 15) is 13.2 Å². The summed E-state index contributed by atoms with van der Waals surface area (Å²) < 4.78 is 31.0. The fraction of sp³-hybridized carbons (Fsp3) is 0.278. The summed E-state index contributed by atoms with van der Waals surface area (Å²) >= 11 is 5.93. The molecule has 3 N–H and O–H groups in total. The van der Waals surface area contributed by atoms with Gasteiger partial charge in [-0.15, -0.1) is 0 Å². The number of sulfonamides is 1. The van der Waals surface area contributed by atoms with Crippen LogP contribution >= 0.6 is 11.6 Å². The van der Waals surface area contributed by atoms with E-state index < -0.39 is 10.0 Å². The first-order valence-corrected chi connectivity index (χ1v) is 10.3. The number of urea groups is 1. The third-order valence-electron chi connectivity index (χ3n) is 3.69. The maximum absolute atomic E-state index is 12.0. The monoisotopic (exact) mass is 411 g/mol. The Kier molecular flexibility index (Phi) is 7.32. The van der Waals surface area contributed by atoms with Crippen molar-refractivity contribution in [3.05, 3.63) is 53.1 Å². The molecule has 2 amide bonds. The molecule has 27 heavy (non-hydrogen) atoms. The molecule has 7 nitrogen and oxygen atoms in total. The molecule has 0 atom stereocenters. The maximum Gasteiger partial charge on any atom is 0.319 e. The quantitative estimate of drug-likeness (QED) is 0.619. The van der Waals surface area contributed by atoms with Crippen LogP contribution in [0.25, 0.3) is 0 Å². The summed E-state index contributed by atoms with van der Waals surface area (Å²) in [7, 11) is -2.00. The molecule has 0 aromatic heterocycles. The summed E-state index contributed by atoms with van der Waals surface area (Å²) in [5.41, 5.74) is 1.81. The maximum atomic E-state index is 12.0. The van der Waals surface area contributed by atoms with E-state index in [4.69, 9.17) is 16.3 Å². The molecular formula is C18H22ClN3O4S. The minimum absolute atomic E-state index is 0.0504. The van der Waals surface area contributed by atoms with E-state index in [0.29, 0.717) is 35.1 Å².